The number of carboxylic acid groups (broad SMARTS) is 1. The van der Waals surface area contributed by atoms with Crippen molar-refractivity contribution in [3.05, 3.63) is 0 Å². The van der Waals surface area contributed by atoms with E-state index in [0.717, 1.165) is 32.4 Å². The molecular formula is C14H25NO3S. The van der Waals surface area contributed by atoms with E-state index in [0.29, 0.717) is 17.4 Å². The maximum Gasteiger partial charge on any atom is 0.308 e. The molecule has 2 fully saturated rings. The largest absolute Gasteiger partial charge is 0.481 e. The minimum atomic E-state index is -0.689. The van der Waals surface area contributed by atoms with Gasteiger partial charge in [0, 0.05) is 41.4 Å². The molecule has 0 radical (unpaired) electrons. The molecule has 0 aromatic rings. The highest BCUT2D eigenvalue weighted by Crippen LogP contribution is 2.35. The van der Waals surface area contributed by atoms with Crippen molar-refractivity contribution < 1.29 is 14.1 Å². The normalized spacial score (nSPS) is 34.3. The molecule has 5 heteroatoms. The zero-order chi connectivity index (χ0) is 13.8. The summed E-state index contributed by atoms with van der Waals surface area (Å²) in [5, 5.41) is 9.42. The summed E-state index contributed by atoms with van der Waals surface area (Å²) in [4.78, 5) is 13.7. The van der Waals surface area contributed by atoms with Gasteiger partial charge in [-0.2, -0.15) is 0 Å². The number of rotatable bonds is 4. The van der Waals surface area contributed by atoms with E-state index in [1.807, 2.05) is 0 Å². The molecule has 1 aliphatic carbocycles. The zero-order valence-corrected chi connectivity index (χ0v) is 12.5. The number of carboxylic acids is 1. The van der Waals surface area contributed by atoms with Gasteiger partial charge >= 0.3 is 5.97 Å². The molecule has 0 spiro atoms. The molecule has 2 rings (SSSR count). The molecule has 110 valence electrons. The van der Waals surface area contributed by atoms with Crippen LogP contribution < -0.4 is 0 Å². The van der Waals surface area contributed by atoms with Gasteiger partial charge in [-0.05, 0) is 25.2 Å². The molecule has 0 amide bonds. The Kier molecular flexibility index (Phi) is 5.39. The van der Waals surface area contributed by atoms with Crippen LogP contribution in [0.4, 0.5) is 0 Å². The predicted molar refractivity (Wildman–Crippen MR) is 76.6 cm³/mol. The fourth-order valence-corrected chi connectivity index (χ4v) is 4.66. The van der Waals surface area contributed by atoms with Crippen molar-refractivity contribution in [1.82, 2.24) is 4.90 Å². The van der Waals surface area contributed by atoms with Gasteiger partial charge in [0.1, 0.15) is 0 Å². The number of aliphatic carboxylic acids is 1. The molecule has 1 saturated carbocycles. The van der Waals surface area contributed by atoms with Crippen LogP contribution in [-0.2, 0) is 15.6 Å². The third kappa shape index (κ3) is 3.78. The van der Waals surface area contributed by atoms with Gasteiger partial charge in [0.2, 0.25) is 0 Å². The molecule has 3 atom stereocenters. The summed E-state index contributed by atoms with van der Waals surface area (Å²) < 4.78 is 11.4. The van der Waals surface area contributed by atoms with Crippen LogP contribution in [0.25, 0.3) is 0 Å². The molecule has 4 nitrogen and oxygen atoms in total. The number of nitrogens with zero attached hydrogens (tertiary/aromatic N) is 1. The third-order valence-electron chi connectivity index (χ3n) is 4.62. The monoisotopic (exact) mass is 287 g/mol. The first kappa shape index (κ1) is 15.0. The van der Waals surface area contributed by atoms with E-state index in [2.05, 4.69) is 11.8 Å². The fraction of sp³-hybridized carbons (Fsp3) is 0.929. The Morgan fingerprint density at radius 1 is 1.32 bits per heavy atom. The highest BCUT2D eigenvalue weighted by Gasteiger charge is 2.38. The topological polar surface area (TPSA) is 57.6 Å². The van der Waals surface area contributed by atoms with E-state index in [4.69, 9.17) is 0 Å². The Bertz CT molecular complexity index is 338. The summed E-state index contributed by atoms with van der Waals surface area (Å²) in [6.45, 7) is 3.81. The lowest BCUT2D eigenvalue weighted by molar-refractivity contribution is -0.146. The predicted octanol–water partition coefficient (Wildman–Crippen LogP) is 1.72. The van der Waals surface area contributed by atoms with Crippen molar-refractivity contribution in [2.24, 2.45) is 11.8 Å². The summed E-state index contributed by atoms with van der Waals surface area (Å²) in [6, 6.07) is 0.167. The first-order chi connectivity index (χ1) is 9.11. The molecule has 1 N–H and O–H groups in total. The lowest BCUT2D eigenvalue weighted by Gasteiger charge is -2.42. The van der Waals surface area contributed by atoms with Gasteiger partial charge in [0.25, 0.3) is 0 Å². The maximum absolute atomic E-state index is 11.4. The Hall–Kier alpha value is -0.420. The van der Waals surface area contributed by atoms with E-state index in [1.54, 1.807) is 0 Å². The van der Waals surface area contributed by atoms with Crippen LogP contribution in [0.15, 0.2) is 0 Å². The molecule has 1 heterocycles. The summed E-state index contributed by atoms with van der Waals surface area (Å²) in [5.41, 5.74) is 0. The molecule has 3 unspecified atom stereocenters. The Morgan fingerprint density at radius 2 is 2.00 bits per heavy atom. The van der Waals surface area contributed by atoms with Crippen LogP contribution in [-0.4, -0.2) is 50.8 Å². The van der Waals surface area contributed by atoms with Crippen LogP contribution in [0.2, 0.25) is 0 Å². The van der Waals surface area contributed by atoms with Crippen molar-refractivity contribution in [2.45, 2.75) is 45.1 Å². The van der Waals surface area contributed by atoms with E-state index in [1.165, 1.54) is 12.8 Å². The van der Waals surface area contributed by atoms with E-state index in [-0.39, 0.29) is 12.0 Å². The van der Waals surface area contributed by atoms with Gasteiger partial charge in [-0.25, -0.2) is 0 Å². The van der Waals surface area contributed by atoms with Gasteiger partial charge in [-0.1, -0.05) is 19.8 Å². The van der Waals surface area contributed by atoms with Crippen molar-refractivity contribution in [1.29, 1.82) is 0 Å². The molecular weight excluding hydrogens is 262 g/mol. The van der Waals surface area contributed by atoms with E-state index < -0.39 is 16.8 Å². The smallest absolute Gasteiger partial charge is 0.308 e. The van der Waals surface area contributed by atoms with Crippen molar-refractivity contribution >= 4 is 16.8 Å². The average Bonchev–Trinajstić information content (AvgIpc) is 2.39. The second kappa shape index (κ2) is 6.84. The molecule has 19 heavy (non-hydrogen) atoms. The van der Waals surface area contributed by atoms with Crippen molar-refractivity contribution in [2.75, 3.05) is 24.6 Å². The Balaban J connectivity index is 2.02. The Labute approximate surface area is 118 Å². The Morgan fingerprint density at radius 3 is 2.58 bits per heavy atom. The van der Waals surface area contributed by atoms with Crippen LogP contribution in [0.5, 0.6) is 0 Å². The molecule has 0 aromatic carbocycles. The summed E-state index contributed by atoms with van der Waals surface area (Å²) in [5.74, 6) is 1.23. The standard InChI is InChI=1S/C14H25NO3S/c1-2-3-11-4-5-12(14(16)17)13(10-11)15-6-8-19(18)9-7-15/h11-13H,2-10H2,1H3,(H,16,17). The average molecular weight is 287 g/mol. The summed E-state index contributed by atoms with van der Waals surface area (Å²) in [6.07, 6.45) is 5.27. The molecule has 0 aromatic heterocycles. The van der Waals surface area contributed by atoms with Crippen LogP contribution >= 0.6 is 0 Å². The van der Waals surface area contributed by atoms with Crippen LogP contribution in [0, 0.1) is 11.8 Å². The molecule has 0 bridgehead atoms. The van der Waals surface area contributed by atoms with Crippen molar-refractivity contribution in [3.8, 4) is 0 Å². The number of hydrogen-bond donors (Lipinski definition) is 1. The second-order valence-corrected chi connectivity index (χ2v) is 7.56. The lowest BCUT2D eigenvalue weighted by Crippen LogP contribution is -2.51. The van der Waals surface area contributed by atoms with Gasteiger partial charge in [0.15, 0.2) is 0 Å². The summed E-state index contributed by atoms with van der Waals surface area (Å²) in [7, 11) is -0.689. The third-order valence-corrected chi connectivity index (χ3v) is 5.90. The van der Waals surface area contributed by atoms with Gasteiger partial charge in [-0.15, -0.1) is 0 Å². The van der Waals surface area contributed by atoms with Crippen LogP contribution in [0.3, 0.4) is 0 Å². The van der Waals surface area contributed by atoms with Crippen molar-refractivity contribution in [3.63, 3.8) is 0 Å². The maximum atomic E-state index is 11.4. The second-order valence-electron chi connectivity index (χ2n) is 5.86. The molecule has 2 aliphatic rings. The van der Waals surface area contributed by atoms with Crippen LogP contribution in [0.1, 0.15) is 39.0 Å². The van der Waals surface area contributed by atoms with Gasteiger partial charge in [-0.3, -0.25) is 13.9 Å². The molecule has 1 aliphatic heterocycles. The highest BCUT2D eigenvalue weighted by atomic mass is 32.2. The summed E-state index contributed by atoms with van der Waals surface area (Å²) >= 11 is 0. The minimum absolute atomic E-state index is 0.167. The quantitative estimate of drug-likeness (QED) is 0.855. The van der Waals surface area contributed by atoms with E-state index in [9.17, 15) is 14.1 Å². The lowest BCUT2D eigenvalue weighted by atomic mass is 9.76. The highest BCUT2D eigenvalue weighted by molar-refractivity contribution is 7.85. The number of carbonyl (C=O) groups is 1. The van der Waals surface area contributed by atoms with Gasteiger partial charge < -0.3 is 5.11 Å². The fourth-order valence-electron chi connectivity index (χ4n) is 3.58. The first-order valence-corrected chi connectivity index (χ1v) is 8.92. The first-order valence-electron chi connectivity index (χ1n) is 7.43. The zero-order valence-electron chi connectivity index (χ0n) is 11.7. The molecule has 1 saturated heterocycles. The SMILES string of the molecule is CCCC1CCC(C(=O)O)C(N2CCS(=O)CC2)C1. The van der Waals surface area contributed by atoms with Gasteiger partial charge in [0.05, 0.1) is 5.92 Å². The minimum Gasteiger partial charge on any atom is -0.481 e. The number of hydrogen-bond acceptors (Lipinski definition) is 3. The van der Waals surface area contributed by atoms with E-state index >= 15 is 0 Å².